The Bertz CT molecular complexity index is 1240. The lowest BCUT2D eigenvalue weighted by atomic mass is 10.2. The topological polar surface area (TPSA) is 66.0 Å². The maximum Gasteiger partial charge on any atom is 0.239 e. The standard InChI is InChI=1S/C25H24N4OS3/c1-3-21(23(30)29-25-28-20-9-4-5-10-22(20)33-25)32-19-8-6-7-18(15-19)27-24(31)26-17-13-11-16(2)12-14-17/h4-15,21H,3H2,1-2H3,(H2,26,27,31)(H,28,29,30). The van der Waals surface area contributed by atoms with Gasteiger partial charge in [-0.2, -0.15) is 0 Å². The molecular weight excluding hydrogens is 469 g/mol. The molecule has 0 radical (unpaired) electrons. The summed E-state index contributed by atoms with van der Waals surface area (Å²) in [5.74, 6) is -0.0449. The monoisotopic (exact) mass is 492 g/mol. The van der Waals surface area contributed by atoms with E-state index in [4.69, 9.17) is 12.2 Å². The summed E-state index contributed by atoms with van der Waals surface area (Å²) >= 11 is 8.47. The van der Waals surface area contributed by atoms with Crippen LogP contribution in [0, 0.1) is 6.92 Å². The number of thiocarbonyl (C=S) groups is 1. The van der Waals surface area contributed by atoms with Crippen LogP contribution in [0.5, 0.6) is 0 Å². The average Bonchev–Trinajstić information content (AvgIpc) is 3.21. The Morgan fingerprint density at radius 2 is 1.76 bits per heavy atom. The van der Waals surface area contributed by atoms with Crippen LogP contribution in [-0.4, -0.2) is 21.3 Å². The highest BCUT2D eigenvalue weighted by Crippen LogP contribution is 2.30. The van der Waals surface area contributed by atoms with Crippen molar-refractivity contribution in [2.45, 2.75) is 30.4 Å². The second-order valence-corrected chi connectivity index (χ2v) is 10.2. The molecule has 1 heterocycles. The molecular formula is C25H24N4OS3. The van der Waals surface area contributed by atoms with E-state index in [2.05, 4.69) is 20.9 Å². The third kappa shape index (κ3) is 6.31. The van der Waals surface area contributed by atoms with Gasteiger partial charge in [-0.3, -0.25) is 4.79 Å². The number of nitrogens with one attached hydrogen (secondary N) is 3. The van der Waals surface area contributed by atoms with Gasteiger partial charge < -0.3 is 16.0 Å². The molecule has 0 bridgehead atoms. The van der Waals surface area contributed by atoms with Gasteiger partial charge in [0.05, 0.1) is 15.5 Å². The Hall–Kier alpha value is -2.94. The molecule has 0 spiro atoms. The van der Waals surface area contributed by atoms with Crippen LogP contribution in [0.2, 0.25) is 0 Å². The number of para-hydroxylation sites is 1. The van der Waals surface area contributed by atoms with E-state index in [9.17, 15) is 4.79 Å². The summed E-state index contributed by atoms with van der Waals surface area (Å²) in [6.07, 6.45) is 0.701. The van der Waals surface area contributed by atoms with Gasteiger partial charge in [-0.1, -0.05) is 54.2 Å². The summed E-state index contributed by atoms with van der Waals surface area (Å²) in [5, 5.41) is 10.3. The lowest BCUT2D eigenvalue weighted by molar-refractivity contribution is -0.115. The van der Waals surface area contributed by atoms with E-state index in [1.807, 2.05) is 86.6 Å². The second-order valence-electron chi connectivity index (χ2n) is 7.46. The average molecular weight is 493 g/mol. The third-order valence-electron chi connectivity index (χ3n) is 4.87. The first-order chi connectivity index (χ1) is 16.0. The van der Waals surface area contributed by atoms with E-state index in [1.165, 1.54) is 28.7 Å². The van der Waals surface area contributed by atoms with Crippen molar-refractivity contribution in [2.75, 3.05) is 16.0 Å². The highest BCUT2D eigenvalue weighted by molar-refractivity contribution is 8.00. The molecule has 1 aromatic heterocycles. The van der Waals surface area contributed by atoms with Gasteiger partial charge >= 0.3 is 0 Å². The Balaban J connectivity index is 1.37. The fourth-order valence-corrected chi connectivity index (χ4v) is 5.29. The van der Waals surface area contributed by atoms with Crippen molar-refractivity contribution in [2.24, 2.45) is 0 Å². The molecule has 5 nitrogen and oxygen atoms in total. The molecule has 0 aliphatic rings. The number of thiazole rings is 1. The van der Waals surface area contributed by atoms with Crippen LogP contribution in [0.1, 0.15) is 18.9 Å². The normalized spacial score (nSPS) is 11.7. The van der Waals surface area contributed by atoms with Gasteiger partial charge in [0.2, 0.25) is 5.91 Å². The molecule has 0 saturated heterocycles. The molecule has 168 valence electrons. The van der Waals surface area contributed by atoms with Gasteiger partial charge in [0.1, 0.15) is 0 Å². The van der Waals surface area contributed by atoms with Crippen molar-refractivity contribution in [1.82, 2.24) is 4.98 Å². The minimum Gasteiger partial charge on any atom is -0.332 e. The fraction of sp³-hybridized carbons (Fsp3) is 0.160. The Kier molecular flexibility index (Phi) is 7.59. The van der Waals surface area contributed by atoms with Crippen LogP contribution in [0.4, 0.5) is 16.5 Å². The Morgan fingerprint density at radius 3 is 2.52 bits per heavy atom. The first kappa shape index (κ1) is 23.2. The molecule has 1 atom stereocenters. The van der Waals surface area contributed by atoms with Crippen LogP contribution in [0.25, 0.3) is 10.2 Å². The minimum atomic E-state index is -0.232. The number of rotatable bonds is 7. The molecule has 0 fully saturated rings. The van der Waals surface area contributed by atoms with Gasteiger partial charge in [-0.15, -0.1) is 11.8 Å². The van der Waals surface area contributed by atoms with Gasteiger partial charge in [-0.05, 0) is 68.0 Å². The maximum absolute atomic E-state index is 12.9. The zero-order valence-electron chi connectivity index (χ0n) is 18.3. The van der Waals surface area contributed by atoms with Crippen LogP contribution < -0.4 is 16.0 Å². The second kappa shape index (κ2) is 10.8. The van der Waals surface area contributed by atoms with Crippen LogP contribution in [0.15, 0.2) is 77.7 Å². The van der Waals surface area contributed by atoms with Gasteiger partial charge in [0, 0.05) is 16.3 Å². The van der Waals surface area contributed by atoms with Gasteiger partial charge in [-0.25, -0.2) is 4.98 Å². The molecule has 3 N–H and O–H groups in total. The van der Waals surface area contributed by atoms with E-state index in [-0.39, 0.29) is 11.2 Å². The molecule has 4 rings (SSSR count). The fourth-order valence-electron chi connectivity index (χ4n) is 3.18. The molecule has 0 saturated carbocycles. The zero-order chi connectivity index (χ0) is 23.2. The van der Waals surface area contributed by atoms with Crippen molar-refractivity contribution in [1.29, 1.82) is 0 Å². The number of hydrogen-bond acceptors (Lipinski definition) is 5. The summed E-state index contributed by atoms with van der Waals surface area (Å²) in [6.45, 7) is 4.06. The van der Waals surface area contributed by atoms with Crippen LogP contribution in [0.3, 0.4) is 0 Å². The summed E-state index contributed by atoms with van der Waals surface area (Å²) in [7, 11) is 0. The number of anilines is 3. The molecule has 33 heavy (non-hydrogen) atoms. The highest BCUT2D eigenvalue weighted by Gasteiger charge is 2.19. The van der Waals surface area contributed by atoms with Gasteiger partial charge in [0.25, 0.3) is 0 Å². The summed E-state index contributed by atoms with van der Waals surface area (Å²) in [5.41, 5.74) is 3.89. The molecule has 0 aliphatic carbocycles. The number of amides is 1. The minimum absolute atomic E-state index is 0.0449. The number of nitrogens with zero attached hydrogens (tertiary/aromatic N) is 1. The number of aromatic nitrogens is 1. The highest BCUT2D eigenvalue weighted by atomic mass is 32.2. The predicted octanol–water partition coefficient (Wildman–Crippen LogP) is 6.92. The first-order valence-corrected chi connectivity index (χ1v) is 12.7. The van der Waals surface area contributed by atoms with Crippen molar-refractivity contribution in [3.8, 4) is 0 Å². The number of thioether (sulfide) groups is 1. The number of carbonyl (C=O) groups excluding carboxylic acids is 1. The summed E-state index contributed by atoms with van der Waals surface area (Å²) in [4.78, 5) is 18.4. The number of aryl methyl sites for hydroxylation is 1. The largest absolute Gasteiger partial charge is 0.332 e. The number of carbonyl (C=O) groups is 1. The van der Waals surface area contributed by atoms with Crippen LogP contribution in [-0.2, 0) is 4.79 Å². The van der Waals surface area contributed by atoms with E-state index in [0.717, 1.165) is 26.5 Å². The molecule has 1 amide bonds. The zero-order valence-corrected chi connectivity index (χ0v) is 20.7. The predicted molar refractivity (Wildman–Crippen MR) is 146 cm³/mol. The van der Waals surface area contributed by atoms with Crippen molar-refractivity contribution in [3.05, 3.63) is 78.4 Å². The number of hydrogen-bond donors (Lipinski definition) is 3. The lowest BCUT2D eigenvalue weighted by Crippen LogP contribution is -2.24. The summed E-state index contributed by atoms with van der Waals surface area (Å²) < 4.78 is 1.06. The lowest BCUT2D eigenvalue weighted by Gasteiger charge is -2.15. The van der Waals surface area contributed by atoms with Crippen molar-refractivity contribution in [3.63, 3.8) is 0 Å². The van der Waals surface area contributed by atoms with Crippen molar-refractivity contribution >= 4 is 73.1 Å². The van der Waals surface area contributed by atoms with Gasteiger partial charge in [0.15, 0.2) is 10.2 Å². The number of benzene rings is 3. The SMILES string of the molecule is CCC(Sc1cccc(NC(=S)Nc2ccc(C)cc2)c1)C(=O)Nc1nc2ccccc2s1. The summed E-state index contributed by atoms with van der Waals surface area (Å²) in [6, 6.07) is 23.8. The van der Waals surface area contributed by atoms with E-state index in [0.29, 0.717) is 16.7 Å². The van der Waals surface area contributed by atoms with Crippen LogP contribution >= 0.6 is 35.3 Å². The Labute approximate surface area is 207 Å². The number of fused-ring (bicyclic) bond motifs is 1. The van der Waals surface area contributed by atoms with E-state index >= 15 is 0 Å². The molecule has 0 aliphatic heterocycles. The molecule has 4 aromatic rings. The smallest absolute Gasteiger partial charge is 0.239 e. The van der Waals surface area contributed by atoms with E-state index < -0.39 is 0 Å². The molecule has 1 unspecified atom stereocenters. The Morgan fingerprint density at radius 1 is 1.00 bits per heavy atom. The quantitative estimate of drug-likeness (QED) is 0.192. The maximum atomic E-state index is 12.9. The molecule has 8 heteroatoms. The first-order valence-electron chi connectivity index (χ1n) is 10.6. The molecule has 3 aromatic carbocycles. The van der Waals surface area contributed by atoms with E-state index in [1.54, 1.807) is 0 Å². The third-order valence-corrected chi connectivity index (χ3v) is 7.38. The van der Waals surface area contributed by atoms with Crippen molar-refractivity contribution < 1.29 is 4.79 Å².